The summed E-state index contributed by atoms with van der Waals surface area (Å²) in [5, 5.41) is 0. The molecule has 0 spiro atoms. The molecular weight excluding hydrogens is 507 g/mol. The van der Waals surface area contributed by atoms with Gasteiger partial charge in [-0.05, 0) is 0 Å². The van der Waals surface area contributed by atoms with Crippen molar-refractivity contribution >= 4 is 69.9 Å². The summed E-state index contributed by atoms with van der Waals surface area (Å²) < 4.78 is 2.73. The number of nitrogens with zero attached hydrogens (tertiary/aromatic N) is 2. The number of hydrogen-bond acceptors (Lipinski definition) is 4. The van der Waals surface area contributed by atoms with Crippen LogP contribution in [-0.4, -0.2) is 14.5 Å². The van der Waals surface area contributed by atoms with Crippen LogP contribution in [0.15, 0.2) is 129 Å². The first-order chi connectivity index (χ1) is 16.4. The Morgan fingerprint density at radius 3 is 1.03 bits per heavy atom. The van der Waals surface area contributed by atoms with Gasteiger partial charge in [0.25, 0.3) is 0 Å². The van der Waals surface area contributed by atoms with E-state index in [-0.39, 0.29) is 14.5 Å². The van der Waals surface area contributed by atoms with Crippen molar-refractivity contribution in [2.24, 2.45) is 0 Å². The molecule has 158 valence electrons. The number of para-hydroxylation sites is 4. The van der Waals surface area contributed by atoms with E-state index in [9.17, 15) is 0 Å². The Labute approximate surface area is 207 Å². The van der Waals surface area contributed by atoms with Crippen LogP contribution in [0.2, 0.25) is 0 Å². The molecule has 2 aliphatic heterocycles. The molecule has 0 aliphatic carbocycles. The molecule has 0 N–H and O–H groups in total. The van der Waals surface area contributed by atoms with E-state index in [4.69, 9.17) is 0 Å². The molecule has 7 rings (SSSR count). The molecule has 3 heterocycles. The van der Waals surface area contributed by atoms with Crippen molar-refractivity contribution < 1.29 is 0 Å². The number of anilines is 6. The average molecular weight is 526 g/mol. The third-order valence-electron chi connectivity index (χ3n) is 5.88. The molecule has 0 atom stereocenters. The second kappa shape index (κ2) is 7.89. The van der Waals surface area contributed by atoms with E-state index in [0.29, 0.717) is 0 Å². The molecule has 4 aromatic carbocycles. The predicted octanol–water partition coefficient (Wildman–Crippen LogP) is 8.61. The maximum atomic E-state index is 2.47. The van der Waals surface area contributed by atoms with Gasteiger partial charge in [0.2, 0.25) is 0 Å². The number of fused-ring (bicyclic) bond motifs is 4. The molecule has 1 aromatic heterocycles. The molecule has 0 amide bonds. The van der Waals surface area contributed by atoms with Gasteiger partial charge in [0.15, 0.2) is 0 Å². The molecule has 5 heteroatoms. The zero-order chi connectivity index (χ0) is 21.8. The summed E-state index contributed by atoms with van der Waals surface area (Å²) >= 11 is 3.88. The van der Waals surface area contributed by atoms with Crippen LogP contribution in [0.4, 0.5) is 31.9 Å². The normalized spacial score (nSPS) is 13.7. The van der Waals surface area contributed by atoms with Crippen LogP contribution in [0, 0.1) is 0 Å². The Bertz CT molecular complexity index is 1310. The zero-order valence-electron chi connectivity index (χ0n) is 17.5. The summed E-state index contributed by atoms with van der Waals surface area (Å²) in [5.74, 6) is 0. The predicted molar refractivity (Wildman–Crippen MR) is 141 cm³/mol. The summed E-state index contributed by atoms with van der Waals surface area (Å²) in [6.07, 6.45) is 0. The van der Waals surface area contributed by atoms with Gasteiger partial charge in [0, 0.05) is 0 Å². The molecule has 0 fully saturated rings. The summed E-state index contributed by atoms with van der Waals surface area (Å²) in [5.41, 5.74) is 5.11. The van der Waals surface area contributed by atoms with E-state index in [1.54, 1.807) is 0 Å². The fourth-order valence-electron chi connectivity index (χ4n) is 4.44. The van der Waals surface area contributed by atoms with Crippen LogP contribution < -0.4 is 9.80 Å². The molecule has 0 radical (unpaired) electrons. The Morgan fingerprint density at radius 1 is 0.394 bits per heavy atom. The summed E-state index contributed by atoms with van der Waals surface area (Å²) in [4.78, 5) is 10.2. The molecule has 0 unspecified atom stereocenters. The van der Waals surface area contributed by atoms with Crippen LogP contribution in [0.3, 0.4) is 0 Å². The van der Waals surface area contributed by atoms with Crippen molar-refractivity contribution in [2.45, 2.75) is 19.6 Å². The summed E-state index contributed by atoms with van der Waals surface area (Å²) in [6.45, 7) is 0. The Kier molecular flexibility index (Phi) is 4.70. The van der Waals surface area contributed by atoms with Gasteiger partial charge in [-0.2, -0.15) is 0 Å². The molecule has 33 heavy (non-hydrogen) atoms. The molecule has 5 aromatic rings. The minimum atomic E-state index is 0.157. The molecule has 2 aliphatic rings. The van der Waals surface area contributed by atoms with Gasteiger partial charge in [-0.3, -0.25) is 0 Å². The molecule has 2 nitrogen and oxygen atoms in total. The van der Waals surface area contributed by atoms with Crippen LogP contribution in [0.25, 0.3) is 0 Å². The van der Waals surface area contributed by atoms with Crippen molar-refractivity contribution in [3.63, 3.8) is 0 Å². The van der Waals surface area contributed by atoms with Crippen molar-refractivity contribution in [3.05, 3.63) is 109 Å². The average Bonchev–Trinajstić information content (AvgIpc) is 3.35. The third-order valence-corrected chi connectivity index (χ3v) is 10.4. The van der Waals surface area contributed by atoms with E-state index in [1.165, 1.54) is 51.5 Å². The van der Waals surface area contributed by atoms with Crippen LogP contribution in [0.1, 0.15) is 0 Å². The number of rotatable bonds is 2. The van der Waals surface area contributed by atoms with Crippen LogP contribution in [0.5, 0.6) is 0 Å². The molecular formula is C28H18N2S2Se. The van der Waals surface area contributed by atoms with E-state index in [0.717, 1.165) is 0 Å². The number of hydrogen-bond donors (Lipinski definition) is 0. The van der Waals surface area contributed by atoms with E-state index >= 15 is 0 Å². The second-order valence-corrected chi connectivity index (χ2v) is 12.2. The van der Waals surface area contributed by atoms with Gasteiger partial charge in [-0.25, -0.2) is 0 Å². The van der Waals surface area contributed by atoms with Crippen molar-refractivity contribution in [3.8, 4) is 0 Å². The SMILES string of the molecule is c1ccc2c(c1)Sc1ccccc1N2c1ccc(N2c3ccccc3Sc3ccccc32)[se]1. The molecule has 0 saturated carbocycles. The summed E-state index contributed by atoms with van der Waals surface area (Å²) in [7, 11) is 0. The standard InChI is InChI=1S/C28H18N2S2Se/c1-5-13-23-19(9-1)29(20-10-2-6-14-24(20)31-23)27-17-18-28(33-27)30-21-11-3-7-15-25(21)32-26-16-8-4-12-22(26)30/h1-18H. The van der Waals surface area contributed by atoms with Gasteiger partial charge in [-0.1, -0.05) is 0 Å². The Hall–Kier alpha value is -2.82. The summed E-state index contributed by atoms with van der Waals surface area (Å²) in [6, 6.07) is 39.7. The monoisotopic (exact) mass is 526 g/mol. The fraction of sp³-hybridized carbons (Fsp3) is 0. The Morgan fingerprint density at radius 2 is 0.697 bits per heavy atom. The first-order valence-electron chi connectivity index (χ1n) is 10.8. The van der Waals surface area contributed by atoms with Crippen molar-refractivity contribution in [2.75, 3.05) is 9.80 Å². The van der Waals surface area contributed by atoms with Crippen molar-refractivity contribution in [1.29, 1.82) is 0 Å². The van der Waals surface area contributed by atoms with E-state index in [1.807, 2.05) is 23.5 Å². The van der Waals surface area contributed by atoms with Crippen molar-refractivity contribution in [1.82, 2.24) is 0 Å². The van der Waals surface area contributed by atoms with Crippen LogP contribution >= 0.6 is 23.5 Å². The Balaban J connectivity index is 1.39. The minimum absolute atomic E-state index is 0.157. The molecule has 0 saturated heterocycles. The van der Waals surface area contributed by atoms with Gasteiger partial charge < -0.3 is 0 Å². The van der Waals surface area contributed by atoms with Gasteiger partial charge in [0.05, 0.1) is 0 Å². The number of benzene rings is 4. The molecule has 0 bridgehead atoms. The topological polar surface area (TPSA) is 6.48 Å². The van der Waals surface area contributed by atoms with Gasteiger partial charge in [0.1, 0.15) is 0 Å². The zero-order valence-corrected chi connectivity index (χ0v) is 20.9. The third kappa shape index (κ3) is 3.19. The maximum absolute atomic E-state index is 2.47. The van der Waals surface area contributed by atoms with Crippen LogP contribution in [-0.2, 0) is 0 Å². The quantitative estimate of drug-likeness (QED) is 0.208. The van der Waals surface area contributed by atoms with E-state index in [2.05, 4.69) is 119 Å². The van der Waals surface area contributed by atoms with Gasteiger partial charge in [-0.15, -0.1) is 0 Å². The first-order valence-corrected chi connectivity index (χ1v) is 14.1. The first kappa shape index (κ1) is 19.6. The second-order valence-electron chi connectivity index (χ2n) is 7.86. The van der Waals surface area contributed by atoms with Gasteiger partial charge >= 0.3 is 208 Å². The fourth-order valence-corrected chi connectivity index (χ4v) is 8.79. The van der Waals surface area contributed by atoms with E-state index < -0.39 is 0 Å².